The topological polar surface area (TPSA) is 26.3 Å². The molecule has 0 spiro atoms. The maximum atomic E-state index is 15.0. The molecule has 0 aliphatic rings. The summed E-state index contributed by atoms with van der Waals surface area (Å²) < 4.78 is 6.87. The van der Waals surface area contributed by atoms with Crippen molar-refractivity contribution in [3.05, 3.63) is 187 Å². The number of hydrogen-bond donors (Lipinski definition) is 0. The van der Waals surface area contributed by atoms with Crippen molar-refractivity contribution < 1.29 is 9.53 Å². The van der Waals surface area contributed by atoms with Crippen molar-refractivity contribution in [1.29, 1.82) is 0 Å². The number of rotatable bonds is 8. The van der Waals surface area contributed by atoms with E-state index in [2.05, 4.69) is 153 Å². The molecular weight excluding hydrogens is 565 g/mol. The third kappa shape index (κ3) is 5.15. The fourth-order valence-corrected chi connectivity index (χ4v) is 12.1. The Morgan fingerprint density at radius 3 is 1.24 bits per heavy atom. The predicted molar refractivity (Wildman–Crippen MR) is 189 cm³/mol. The standard InChI is InChI=1S/C42H34O2Si/c1-31(45(34-21-5-2-6-22-34,35-23-7-3-8-24-35)36-25-9-4-10-26-36)42(43)44-41(39-29-15-19-32-17-11-13-27-37(32)39)40-30-16-20-33-18-12-14-28-38(33)40/h2-31,41H,1H3/t31-/m1/s1. The predicted octanol–water partition coefficient (Wildman–Crippen LogP) is 8.19. The number of hydrogen-bond acceptors (Lipinski definition) is 2. The van der Waals surface area contributed by atoms with Crippen LogP contribution in [-0.4, -0.2) is 14.0 Å². The lowest BCUT2D eigenvalue weighted by atomic mass is 9.92. The monoisotopic (exact) mass is 598 g/mol. The van der Waals surface area contributed by atoms with E-state index in [9.17, 15) is 4.79 Å². The first-order valence-corrected chi connectivity index (χ1v) is 17.6. The number of carbonyl (C=O) groups is 1. The molecule has 2 nitrogen and oxygen atoms in total. The Kier molecular flexibility index (Phi) is 7.85. The first-order chi connectivity index (χ1) is 22.2. The van der Waals surface area contributed by atoms with Crippen LogP contribution in [0, 0.1) is 0 Å². The van der Waals surface area contributed by atoms with Crippen molar-refractivity contribution in [3.63, 3.8) is 0 Å². The third-order valence-electron chi connectivity index (χ3n) is 9.14. The van der Waals surface area contributed by atoms with Gasteiger partial charge in [0.15, 0.2) is 14.2 Å². The van der Waals surface area contributed by atoms with Gasteiger partial charge in [0.1, 0.15) is 0 Å². The summed E-state index contributed by atoms with van der Waals surface area (Å²) in [4.78, 5) is 15.0. The normalized spacial score (nSPS) is 12.3. The summed E-state index contributed by atoms with van der Waals surface area (Å²) in [5, 5.41) is 7.93. The molecule has 0 fully saturated rings. The molecule has 0 aromatic heterocycles. The van der Waals surface area contributed by atoms with Gasteiger partial charge in [0.25, 0.3) is 0 Å². The molecule has 0 bridgehead atoms. The molecule has 7 aromatic carbocycles. The molecule has 7 aromatic rings. The largest absolute Gasteiger partial charge is 0.452 e. The van der Waals surface area contributed by atoms with Crippen LogP contribution in [0.25, 0.3) is 21.5 Å². The molecule has 1 atom stereocenters. The fourth-order valence-electron chi connectivity index (χ4n) is 7.00. The summed E-state index contributed by atoms with van der Waals surface area (Å²) >= 11 is 0. The Bertz CT molecular complexity index is 1890. The van der Waals surface area contributed by atoms with Gasteiger partial charge in [-0.25, -0.2) is 0 Å². The smallest absolute Gasteiger partial charge is 0.307 e. The Morgan fingerprint density at radius 2 is 0.822 bits per heavy atom. The van der Waals surface area contributed by atoms with E-state index in [4.69, 9.17) is 4.74 Å². The Hall–Kier alpha value is -5.25. The van der Waals surface area contributed by atoms with Crippen LogP contribution in [0.2, 0.25) is 5.54 Å². The van der Waals surface area contributed by atoms with Crippen LogP contribution < -0.4 is 15.6 Å². The molecule has 7 rings (SSSR count). The maximum Gasteiger partial charge on any atom is 0.307 e. The number of esters is 1. The second-order valence-corrected chi connectivity index (χ2v) is 15.8. The van der Waals surface area contributed by atoms with Gasteiger partial charge in [0, 0.05) is 11.1 Å². The SMILES string of the molecule is C[C@H](C(=O)OC(c1cccc2ccccc12)c1cccc2ccccc12)[Si](c1ccccc1)(c1ccccc1)c1ccccc1. The zero-order valence-corrected chi connectivity index (χ0v) is 26.2. The first-order valence-electron chi connectivity index (χ1n) is 15.5. The summed E-state index contributed by atoms with van der Waals surface area (Å²) in [6.07, 6.45) is -0.592. The molecule has 45 heavy (non-hydrogen) atoms. The molecule has 0 amide bonds. The summed E-state index contributed by atoms with van der Waals surface area (Å²) in [5.74, 6) is -0.205. The maximum absolute atomic E-state index is 15.0. The second-order valence-electron chi connectivity index (χ2n) is 11.6. The number of fused-ring (bicyclic) bond motifs is 2. The van der Waals surface area contributed by atoms with E-state index in [-0.39, 0.29) is 5.97 Å². The highest BCUT2D eigenvalue weighted by molar-refractivity contribution is 7.13. The highest BCUT2D eigenvalue weighted by Crippen LogP contribution is 2.37. The molecule has 0 unspecified atom stereocenters. The Morgan fingerprint density at radius 1 is 0.467 bits per heavy atom. The molecule has 0 saturated carbocycles. The van der Waals surface area contributed by atoms with Crippen molar-refractivity contribution in [2.45, 2.75) is 18.6 Å². The highest BCUT2D eigenvalue weighted by atomic mass is 28.3. The van der Waals surface area contributed by atoms with Gasteiger partial charge >= 0.3 is 5.97 Å². The Balaban J connectivity index is 1.42. The zero-order chi connectivity index (χ0) is 30.6. The highest BCUT2D eigenvalue weighted by Gasteiger charge is 2.48. The first kappa shape index (κ1) is 28.5. The van der Waals surface area contributed by atoms with Crippen molar-refractivity contribution in [3.8, 4) is 0 Å². The van der Waals surface area contributed by atoms with E-state index < -0.39 is 19.7 Å². The van der Waals surface area contributed by atoms with Crippen LogP contribution in [0.1, 0.15) is 24.2 Å². The molecule has 0 heterocycles. The molecule has 0 saturated heterocycles. The van der Waals surface area contributed by atoms with E-state index in [0.717, 1.165) is 32.7 Å². The molecule has 0 radical (unpaired) electrons. The van der Waals surface area contributed by atoms with E-state index >= 15 is 0 Å². The molecular formula is C42H34O2Si. The summed E-state index contributed by atoms with van der Waals surface area (Å²) in [7, 11) is -2.94. The minimum absolute atomic E-state index is 0.205. The van der Waals surface area contributed by atoms with Gasteiger partial charge < -0.3 is 4.74 Å². The summed E-state index contributed by atoms with van der Waals surface area (Å²) in [6, 6.07) is 60.9. The van der Waals surface area contributed by atoms with E-state index in [1.807, 2.05) is 30.3 Å². The second kappa shape index (κ2) is 12.4. The molecule has 3 heteroatoms. The zero-order valence-electron chi connectivity index (χ0n) is 25.2. The lowest BCUT2D eigenvalue weighted by Crippen LogP contribution is -2.70. The van der Waals surface area contributed by atoms with Gasteiger partial charge in [-0.2, -0.15) is 0 Å². The lowest BCUT2D eigenvalue weighted by molar-refractivity contribution is -0.147. The van der Waals surface area contributed by atoms with Gasteiger partial charge in [0.2, 0.25) is 0 Å². The average Bonchev–Trinajstić information content (AvgIpc) is 3.12. The van der Waals surface area contributed by atoms with Crippen LogP contribution in [0.3, 0.4) is 0 Å². The van der Waals surface area contributed by atoms with E-state index in [1.54, 1.807) is 0 Å². The lowest BCUT2D eigenvalue weighted by Gasteiger charge is -2.38. The third-order valence-corrected chi connectivity index (χ3v) is 14.4. The summed E-state index contributed by atoms with van der Waals surface area (Å²) in [5.41, 5.74) is 1.53. The van der Waals surface area contributed by atoms with Crippen LogP contribution >= 0.6 is 0 Å². The van der Waals surface area contributed by atoms with Crippen molar-refractivity contribution in [2.75, 3.05) is 0 Å². The van der Waals surface area contributed by atoms with E-state index in [0.29, 0.717) is 0 Å². The van der Waals surface area contributed by atoms with Gasteiger partial charge in [-0.05, 0) is 37.1 Å². The van der Waals surface area contributed by atoms with Gasteiger partial charge in [0.05, 0.1) is 5.54 Å². The molecule has 218 valence electrons. The van der Waals surface area contributed by atoms with Crippen LogP contribution in [0.15, 0.2) is 176 Å². The molecule has 0 N–H and O–H groups in total. The fraction of sp³-hybridized carbons (Fsp3) is 0.0714. The van der Waals surface area contributed by atoms with Gasteiger partial charge in [-0.15, -0.1) is 0 Å². The van der Waals surface area contributed by atoms with Crippen molar-refractivity contribution >= 4 is 51.1 Å². The number of ether oxygens (including phenoxy) is 1. The quantitative estimate of drug-likeness (QED) is 0.100. The molecule has 0 aliphatic heterocycles. The minimum Gasteiger partial charge on any atom is -0.452 e. The van der Waals surface area contributed by atoms with Crippen LogP contribution in [0.5, 0.6) is 0 Å². The molecule has 0 aliphatic carbocycles. The summed E-state index contributed by atoms with van der Waals surface area (Å²) in [6.45, 7) is 2.07. The Labute approximate surface area is 265 Å². The van der Waals surface area contributed by atoms with Gasteiger partial charge in [-0.1, -0.05) is 183 Å². The van der Waals surface area contributed by atoms with Crippen molar-refractivity contribution in [2.24, 2.45) is 0 Å². The van der Waals surface area contributed by atoms with Crippen molar-refractivity contribution in [1.82, 2.24) is 0 Å². The van der Waals surface area contributed by atoms with Crippen LogP contribution in [0.4, 0.5) is 0 Å². The van der Waals surface area contributed by atoms with E-state index in [1.165, 1.54) is 15.6 Å². The number of carbonyl (C=O) groups excluding carboxylic acids is 1. The average molecular weight is 599 g/mol. The number of benzene rings is 7. The van der Waals surface area contributed by atoms with Crippen LogP contribution in [-0.2, 0) is 9.53 Å². The van der Waals surface area contributed by atoms with Gasteiger partial charge in [-0.3, -0.25) is 4.79 Å². The minimum atomic E-state index is -2.94.